The molecule has 0 aromatic heterocycles. The topological polar surface area (TPSA) is 53.7 Å². The predicted molar refractivity (Wildman–Crippen MR) is 66.8 cm³/mol. The number of ether oxygens (including phenoxy) is 3. The monoisotopic (exact) mass is 275 g/mol. The second kappa shape index (κ2) is 8.92. The van der Waals surface area contributed by atoms with Gasteiger partial charge in [-0.05, 0) is 6.07 Å². The second-order valence-corrected chi connectivity index (χ2v) is 3.95. The number of hydrogen-bond acceptors (Lipinski definition) is 4. The smallest absolute Gasteiger partial charge is 0.130 e. The van der Waals surface area contributed by atoms with Gasteiger partial charge in [-0.1, -0.05) is 6.07 Å². The molecule has 1 aromatic rings. The summed E-state index contributed by atoms with van der Waals surface area (Å²) in [6.45, 7) is 1.96. The zero-order chi connectivity index (χ0) is 14.1. The number of benzene rings is 1. The van der Waals surface area contributed by atoms with Gasteiger partial charge in [0, 0.05) is 18.7 Å². The maximum Gasteiger partial charge on any atom is 0.130 e. The molecule has 0 saturated heterocycles. The molecule has 0 saturated carbocycles. The first-order chi connectivity index (χ1) is 9.15. The molecule has 0 spiro atoms. The minimum Gasteiger partial charge on any atom is -0.382 e. The molecule has 0 radical (unpaired) electrons. The molecule has 0 amide bonds. The zero-order valence-electron chi connectivity index (χ0n) is 10.9. The van der Waals surface area contributed by atoms with Gasteiger partial charge in [-0.3, -0.25) is 0 Å². The summed E-state index contributed by atoms with van der Waals surface area (Å²) in [6.07, 6.45) is 0. The lowest BCUT2D eigenvalue weighted by atomic mass is 10.1. The van der Waals surface area contributed by atoms with Crippen molar-refractivity contribution < 1.29 is 23.0 Å². The molecule has 4 nitrogen and oxygen atoms in total. The standard InChI is InChI=1S/C13H19F2NO3/c1-17-4-5-18-6-7-19-9-13(16)11-3-2-10(14)8-12(11)15/h2-3,8,13H,4-7,9,16H2,1H3. The van der Waals surface area contributed by atoms with Crippen molar-refractivity contribution in [3.63, 3.8) is 0 Å². The maximum absolute atomic E-state index is 13.4. The van der Waals surface area contributed by atoms with E-state index in [1.54, 1.807) is 7.11 Å². The molecule has 108 valence electrons. The van der Waals surface area contributed by atoms with Crippen LogP contribution in [0.15, 0.2) is 18.2 Å². The molecule has 1 atom stereocenters. The molecule has 1 rings (SSSR count). The van der Waals surface area contributed by atoms with E-state index in [9.17, 15) is 8.78 Å². The van der Waals surface area contributed by atoms with Gasteiger partial charge in [0.05, 0.1) is 39.1 Å². The Morgan fingerprint density at radius 3 is 2.47 bits per heavy atom. The summed E-state index contributed by atoms with van der Waals surface area (Å²) in [5, 5.41) is 0. The zero-order valence-corrected chi connectivity index (χ0v) is 10.9. The Morgan fingerprint density at radius 1 is 1.11 bits per heavy atom. The van der Waals surface area contributed by atoms with Crippen molar-refractivity contribution in [3.05, 3.63) is 35.4 Å². The molecule has 0 aliphatic heterocycles. The van der Waals surface area contributed by atoms with Crippen LogP contribution in [0.3, 0.4) is 0 Å². The fourth-order valence-corrected chi connectivity index (χ4v) is 1.46. The molecule has 1 aromatic carbocycles. The molecule has 1 unspecified atom stereocenters. The highest BCUT2D eigenvalue weighted by Gasteiger charge is 2.12. The van der Waals surface area contributed by atoms with Gasteiger partial charge in [0.2, 0.25) is 0 Å². The second-order valence-electron chi connectivity index (χ2n) is 3.95. The first-order valence-corrected chi connectivity index (χ1v) is 6.00. The van der Waals surface area contributed by atoms with Crippen molar-refractivity contribution >= 4 is 0 Å². The van der Waals surface area contributed by atoms with Crippen molar-refractivity contribution in [2.24, 2.45) is 5.73 Å². The lowest BCUT2D eigenvalue weighted by Gasteiger charge is -2.13. The van der Waals surface area contributed by atoms with Crippen LogP contribution in [-0.2, 0) is 14.2 Å². The van der Waals surface area contributed by atoms with E-state index < -0.39 is 17.7 Å². The highest BCUT2D eigenvalue weighted by molar-refractivity contribution is 5.21. The molecule has 0 aliphatic carbocycles. The molecule has 2 N–H and O–H groups in total. The molecule has 6 heteroatoms. The lowest BCUT2D eigenvalue weighted by molar-refractivity contribution is 0.0214. The van der Waals surface area contributed by atoms with Gasteiger partial charge < -0.3 is 19.9 Å². The number of rotatable bonds is 9. The fraction of sp³-hybridized carbons (Fsp3) is 0.538. The summed E-state index contributed by atoms with van der Waals surface area (Å²) in [5.41, 5.74) is 6.00. The Balaban J connectivity index is 2.22. The van der Waals surface area contributed by atoms with Gasteiger partial charge >= 0.3 is 0 Å². The molecule has 0 heterocycles. The van der Waals surface area contributed by atoms with Crippen LogP contribution < -0.4 is 5.73 Å². The summed E-state index contributed by atoms with van der Waals surface area (Å²) in [6, 6.07) is 2.68. The quantitative estimate of drug-likeness (QED) is 0.696. The number of nitrogens with two attached hydrogens (primary N) is 1. The summed E-state index contributed by atoms with van der Waals surface area (Å²) in [5.74, 6) is -1.28. The van der Waals surface area contributed by atoms with Gasteiger partial charge in [-0.15, -0.1) is 0 Å². The van der Waals surface area contributed by atoms with E-state index in [1.165, 1.54) is 12.1 Å². The minimum atomic E-state index is -0.660. The first kappa shape index (κ1) is 16.0. The van der Waals surface area contributed by atoms with E-state index in [0.29, 0.717) is 26.4 Å². The number of hydrogen-bond donors (Lipinski definition) is 1. The van der Waals surface area contributed by atoms with E-state index in [4.69, 9.17) is 19.9 Å². The van der Waals surface area contributed by atoms with Crippen LogP contribution in [0.5, 0.6) is 0 Å². The van der Waals surface area contributed by atoms with Gasteiger partial charge in [0.25, 0.3) is 0 Å². The third-order valence-electron chi connectivity index (χ3n) is 2.46. The van der Waals surface area contributed by atoms with Crippen LogP contribution in [0.4, 0.5) is 8.78 Å². The summed E-state index contributed by atoms with van der Waals surface area (Å²) >= 11 is 0. The number of halogens is 2. The Labute approximate surface area is 111 Å². The normalized spacial score (nSPS) is 12.6. The van der Waals surface area contributed by atoms with Crippen LogP contribution >= 0.6 is 0 Å². The van der Waals surface area contributed by atoms with E-state index in [0.717, 1.165) is 6.07 Å². The van der Waals surface area contributed by atoms with Crippen molar-refractivity contribution in [1.82, 2.24) is 0 Å². The number of methoxy groups -OCH3 is 1. The van der Waals surface area contributed by atoms with E-state index in [1.807, 2.05) is 0 Å². The summed E-state index contributed by atoms with van der Waals surface area (Å²) in [4.78, 5) is 0. The molecule has 0 aliphatic rings. The van der Waals surface area contributed by atoms with Crippen LogP contribution in [0.25, 0.3) is 0 Å². The van der Waals surface area contributed by atoms with Crippen LogP contribution in [0, 0.1) is 11.6 Å². The Hall–Kier alpha value is -1.08. The lowest BCUT2D eigenvalue weighted by Crippen LogP contribution is -2.20. The van der Waals surface area contributed by atoms with Crippen LogP contribution in [0.1, 0.15) is 11.6 Å². The molecular weight excluding hydrogens is 256 g/mol. The highest BCUT2D eigenvalue weighted by atomic mass is 19.1. The summed E-state index contributed by atoms with van der Waals surface area (Å²) in [7, 11) is 1.59. The Morgan fingerprint density at radius 2 is 1.79 bits per heavy atom. The van der Waals surface area contributed by atoms with E-state index >= 15 is 0 Å². The largest absolute Gasteiger partial charge is 0.382 e. The van der Waals surface area contributed by atoms with Crippen molar-refractivity contribution in [3.8, 4) is 0 Å². The van der Waals surface area contributed by atoms with Crippen molar-refractivity contribution in [2.75, 3.05) is 40.1 Å². The first-order valence-electron chi connectivity index (χ1n) is 6.00. The van der Waals surface area contributed by atoms with E-state index in [-0.39, 0.29) is 12.2 Å². The fourth-order valence-electron chi connectivity index (χ4n) is 1.46. The predicted octanol–water partition coefficient (Wildman–Crippen LogP) is 1.64. The van der Waals surface area contributed by atoms with Gasteiger partial charge in [-0.25, -0.2) is 8.78 Å². The molecule has 19 heavy (non-hydrogen) atoms. The third kappa shape index (κ3) is 6.07. The maximum atomic E-state index is 13.4. The van der Waals surface area contributed by atoms with E-state index in [2.05, 4.69) is 0 Å². The minimum absolute atomic E-state index is 0.149. The average molecular weight is 275 g/mol. The third-order valence-corrected chi connectivity index (χ3v) is 2.46. The van der Waals surface area contributed by atoms with Gasteiger partial charge in [-0.2, -0.15) is 0 Å². The Bertz CT molecular complexity index is 377. The average Bonchev–Trinajstić information content (AvgIpc) is 2.37. The molecular formula is C13H19F2NO3. The highest BCUT2D eigenvalue weighted by Crippen LogP contribution is 2.16. The van der Waals surface area contributed by atoms with Gasteiger partial charge in [0.15, 0.2) is 0 Å². The SMILES string of the molecule is COCCOCCOCC(N)c1ccc(F)cc1F. The van der Waals surface area contributed by atoms with Crippen molar-refractivity contribution in [2.45, 2.75) is 6.04 Å². The molecule has 0 bridgehead atoms. The Kier molecular flexibility index (Phi) is 7.50. The van der Waals surface area contributed by atoms with Crippen molar-refractivity contribution in [1.29, 1.82) is 0 Å². The van der Waals surface area contributed by atoms with Crippen LogP contribution in [-0.4, -0.2) is 40.1 Å². The van der Waals surface area contributed by atoms with Crippen LogP contribution in [0.2, 0.25) is 0 Å². The van der Waals surface area contributed by atoms with Gasteiger partial charge in [0.1, 0.15) is 11.6 Å². The molecule has 0 fully saturated rings. The summed E-state index contributed by atoms with van der Waals surface area (Å²) < 4.78 is 41.4.